The van der Waals surface area contributed by atoms with E-state index in [1.165, 1.54) is 21.6 Å². The molecule has 2 aromatic rings. The summed E-state index contributed by atoms with van der Waals surface area (Å²) in [7, 11) is 0. The highest BCUT2D eigenvalue weighted by Gasteiger charge is 2.22. The molecule has 3 rings (SSSR count). The fourth-order valence-electron chi connectivity index (χ4n) is 2.42. The van der Waals surface area contributed by atoms with E-state index in [0.717, 1.165) is 13.0 Å². The van der Waals surface area contributed by atoms with Gasteiger partial charge in [-0.25, -0.2) is 0 Å². The lowest BCUT2D eigenvalue weighted by molar-refractivity contribution is 0.573. The van der Waals surface area contributed by atoms with Crippen LogP contribution < -0.4 is 5.32 Å². The van der Waals surface area contributed by atoms with Gasteiger partial charge in [0.15, 0.2) is 0 Å². The second kappa shape index (κ2) is 4.04. The Morgan fingerprint density at radius 3 is 2.94 bits per heavy atom. The summed E-state index contributed by atoms with van der Waals surface area (Å²) in [4.78, 5) is 1.46. The van der Waals surface area contributed by atoms with Crippen LogP contribution in [0.2, 0.25) is 0 Å². The third-order valence-electron chi connectivity index (χ3n) is 3.27. The number of benzene rings is 1. The summed E-state index contributed by atoms with van der Waals surface area (Å²) < 4.78 is 0. The zero-order chi connectivity index (χ0) is 11.0. The molecule has 2 heteroatoms. The van der Waals surface area contributed by atoms with Gasteiger partial charge in [0.25, 0.3) is 0 Å². The predicted octanol–water partition coefficient (Wildman–Crippen LogP) is 3.29. The molecule has 0 fully saturated rings. The number of thiophene rings is 1. The van der Waals surface area contributed by atoms with Crippen LogP contribution in [-0.4, -0.2) is 6.54 Å². The van der Waals surface area contributed by atoms with Gasteiger partial charge in [0, 0.05) is 11.4 Å². The van der Waals surface area contributed by atoms with Crippen molar-refractivity contribution in [3.8, 4) is 0 Å². The summed E-state index contributed by atoms with van der Waals surface area (Å²) in [5.41, 5.74) is 4.36. The lowest BCUT2D eigenvalue weighted by Gasteiger charge is -2.26. The van der Waals surface area contributed by atoms with Crippen molar-refractivity contribution in [2.75, 3.05) is 6.54 Å². The molecule has 82 valence electrons. The van der Waals surface area contributed by atoms with Crippen LogP contribution in [0.25, 0.3) is 0 Å². The van der Waals surface area contributed by atoms with Crippen molar-refractivity contribution in [1.82, 2.24) is 5.32 Å². The molecule has 1 atom stereocenters. The summed E-state index contributed by atoms with van der Waals surface area (Å²) in [6.07, 6.45) is 1.15. The first kappa shape index (κ1) is 10.1. The average molecular weight is 229 g/mol. The summed E-state index contributed by atoms with van der Waals surface area (Å²) in [5, 5.41) is 5.81. The van der Waals surface area contributed by atoms with Gasteiger partial charge in [-0.3, -0.25) is 0 Å². The molecule has 0 saturated heterocycles. The standard InChI is InChI=1S/C14H15NS/c1-10-7-9-16-14(10)13-12-5-3-2-4-11(12)6-8-15-13/h2-5,7,9,13,15H,6,8H2,1H3. The molecule has 1 unspecified atom stereocenters. The van der Waals surface area contributed by atoms with E-state index in [-0.39, 0.29) is 0 Å². The van der Waals surface area contributed by atoms with Crippen molar-refractivity contribution in [2.45, 2.75) is 19.4 Å². The fourth-order valence-corrected chi connectivity index (χ4v) is 3.44. The smallest absolute Gasteiger partial charge is 0.0676 e. The van der Waals surface area contributed by atoms with E-state index in [4.69, 9.17) is 0 Å². The largest absolute Gasteiger partial charge is 0.305 e. The highest BCUT2D eigenvalue weighted by molar-refractivity contribution is 7.10. The van der Waals surface area contributed by atoms with Crippen LogP contribution in [0.5, 0.6) is 0 Å². The minimum Gasteiger partial charge on any atom is -0.305 e. The molecule has 0 aliphatic carbocycles. The van der Waals surface area contributed by atoms with Crippen LogP contribution in [0.1, 0.15) is 27.6 Å². The Bertz CT molecular complexity index is 501. The molecule has 0 bridgehead atoms. The van der Waals surface area contributed by atoms with Gasteiger partial charge in [0.1, 0.15) is 0 Å². The molecule has 16 heavy (non-hydrogen) atoms. The zero-order valence-electron chi connectivity index (χ0n) is 9.36. The molecule has 1 aromatic heterocycles. The third kappa shape index (κ3) is 1.58. The molecule has 2 heterocycles. The van der Waals surface area contributed by atoms with Crippen molar-refractivity contribution >= 4 is 11.3 Å². The Labute approximate surface area is 100 Å². The second-order valence-electron chi connectivity index (χ2n) is 4.30. The summed E-state index contributed by atoms with van der Waals surface area (Å²) in [5.74, 6) is 0. The van der Waals surface area contributed by atoms with Crippen LogP contribution in [0.3, 0.4) is 0 Å². The molecular weight excluding hydrogens is 214 g/mol. The van der Waals surface area contributed by atoms with Gasteiger partial charge in [-0.05, 0) is 41.5 Å². The number of hydrogen-bond acceptors (Lipinski definition) is 2. The quantitative estimate of drug-likeness (QED) is 0.791. The molecule has 1 aromatic carbocycles. The van der Waals surface area contributed by atoms with E-state index in [1.807, 2.05) is 11.3 Å². The lowest BCUT2D eigenvalue weighted by atomic mass is 9.92. The molecule has 1 aliphatic rings. The second-order valence-corrected chi connectivity index (χ2v) is 5.25. The highest BCUT2D eigenvalue weighted by atomic mass is 32.1. The predicted molar refractivity (Wildman–Crippen MR) is 69.0 cm³/mol. The number of nitrogens with one attached hydrogen (secondary N) is 1. The zero-order valence-corrected chi connectivity index (χ0v) is 10.2. The lowest BCUT2D eigenvalue weighted by Crippen LogP contribution is -2.30. The normalized spacial score (nSPS) is 19.4. The van der Waals surface area contributed by atoms with Crippen LogP contribution in [0, 0.1) is 6.92 Å². The summed E-state index contributed by atoms with van der Waals surface area (Å²) >= 11 is 1.86. The van der Waals surface area contributed by atoms with Crippen molar-refractivity contribution in [1.29, 1.82) is 0 Å². The summed E-state index contributed by atoms with van der Waals surface area (Å²) in [6, 6.07) is 11.4. The first-order valence-corrected chi connectivity index (χ1v) is 6.59. The molecule has 0 spiro atoms. The number of rotatable bonds is 1. The van der Waals surface area contributed by atoms with Crippen LogP contribution >= 0.6 is 11.3 Å². The number of fused-ring (bicyclic) bond motifs is 1. The van der Waals surface area contributed by atoms with Crippen LogP contribution in [0.15, 0.2) is 35.7 Å². The molecule has 0 amide bonds. The van der Waals surface area contributed by atoms with Crippen molar-refractivity contribution in [3.05, 3.63) is 57.3 Å². The molecule has 1 nitrogen and oxygen atoms in total. The number of aryl methyl sites for hydroxylation is 1. The molecule has 0 radical (unpaired) electrons. The SMILES string of the molecule is Cc1ccsc1C1NCCc2ccccc21. The van der Waals surface area contributed by atoms with E-state index >= 15 is 0 Å². The van der Waals surface area contributed by atoms with Crippen molar-refractivity contribution < 1.29 is 0 Å². The highest BCUT2D eigenvalue weighted by Crippen LogP contribution is 2.33. The minimum absolute atomic E-state index is 0.407. The van der Waals surface area contributed by atoms with Gasteiger partial charge in [-0.15, -0.1) is 11.3 Å². The first-order chi connectivity index (χ1) is 7.86. The average Bonchev–Trinajstić information content (AvgIpc) is 2.75. The van der Waals surface area contributed by atoms with E-state index in [0.29, 0.717) is 6.04 Å². The fraction of sp³-hybridized carbons (Fsp3) is 0.286. The van der Waals surface area contributed by atoms with Gasteiger partial charge < -0.3 is 5.32 Å². The Morgan fingerprint density at radius 2 is 2.12 bits per heavy atom. The van der Waals surface area contributed by atoms with Crippen molar-refractivity contribution in [2.24, 2.45) is 0 Å². The number of hydrogen-bond donors (Lipinski definition) is 1. The van der Waals surface area contributed by atoms with E-state index < -0.39 is 0 Å². The Hall–Kier alpha value is -1.12. The van der Waals surface area contributed by atoms with Gasteiger partial charge in [0.05, 0.1) is 6.04 Å². The van der Waals surface area contributed by atoms with Crippen LogP contribution in [-0.2, 0) is 6.42 Å². The van der Waals surface area contributed by atoms with E-state index in [9.17, 15) is 0 Å². The van der Waals surface area contributed by atoms with E-state index in [1.54, 1.807) is 0 Å². The molecular formula is C14H15NS. The Kier molecular flexibility index (Phi) is 2.54. The maximum absolute atomic E-state index is 3.63. The topological polar surface area (TPSA) is 12.0 Å². The molecule has 1 N–H and O–H groups in total. The monoisotopic (exact) mass is 229 g/mol. The third-order valence-corrected chi connectivity index (χ3v) is 4.36. The molecule has 0 saturated carbocycles. The van der Waals surface area contributed by atoms with Gasteiger partial charge in [-0.2, -0.15) is 0 Å². The maximum Gasteiger partial charge on any atom is 0.0676 e. The Morgan fingerprint density at radius 1 is 1.25 bits per heavy atom. The van der Waals surface area contributed by atoms with Crippen molar-refractivity contribution in [3.63, 3.8) is 0 Å². The van der Waals surface area contributed by atoms with E-state index in [2.05, 4.69) is 48.0 Å². The van der Waals surface area contributed by atoms with Gasteiger partial charge in [-0.1, -0.05) is 24.3 Å². The summed E-state index contributed by atoms with van der Waals surface area (Å²) in [6.45, 7) is 3.28. The molecule has 1 aliphatic heterocycles. The van der Waals surface area contributed by atoms with Gasteiger partial charge >= 0.3 is 0 Å². The van der Waals surface area contributed by atoms with Crippen LogP contribution in [0.4, 0.5) is 0 Å². The Balaban J connectivity index is 2.08. The van der Waals surface area contributed by atoms with Gasteiger partial charge in [0.2, 0.25) is 0 Å². The first-order valence-electron chi connectivity index (χ1n) is 5.71. The minimum atomic E-state index is 0.407. The maximum atomic E-state index is 3.63.